The molecule has 1 N–H and O–H groups in total. The zero-order valence-electron chi connectivity index (χ0n) is 9.22. The van der Waals surface area contributed by atoms with Crippen LogP contribution in [0.2, 0.25) is 0 Å². The predicted octanol–water partition coefficient (Wildman–Crippen LogP) is 0.544. The summed E-state index contributed by atoms with van der Waals surface area (Å²) in [6.07, 6.45) is 9.35. The number of rotatable bonds is 2. The molecule has 3 aromatic rings. The van der Waals surface area contributed by atoms with E-state index in [1.807, 2.05) is 7.05 Å². The smallest absolute Gasteiger partial charge is 0.142 e. The second kappa shape index (κ2) is 3.67. The van der Waals surface area contributed by atoms with Crippen molar-refractivity contribution >= 4 is 5.52 Å². The average molecular weight is 229 g/mol. The van der Waals surface area contributed by atoms with Crippen LogP contribution in [0.15, 0.2) is 37.2 Å². The molecule has 0 saturated heterocycles. The average Bonchev–Trinajstić information content (AvgIpc) is 2.94. The summed E-state index contributed by atoms with van der Waals surface area (Å²) in [6, 6.07) is 0. The molecule has 0 fully saturated rings. The molecule has 86 valence electrons. The molecule has 0 aromatic carbocycles. The van der Waals surface area contributed by atoms with Gasteiger partial charge >= 0.3 is 0 Å². The van der Waals surface area contributed by atoms with Crippen molar-refractivity contribution in [3.05, 3.63) is 48.6 Å². The lowest BCUT2D eigenvalue weighted by molar-refractivity contribution is 0.207. The van der Waals surface area contributed by atoms with Crippen LogP contribution in [-0.4, -0.2) is 29.3 Å². The Hall–Kier alpha value is -2.21. The molecule has 0 aliphatic rings. The summed E-state index contributed by atoms with van der Waals surface area (Å²) in [5, 5.41) is 14.4. The molecule has 0 amide bonds. The third-order valence-electron chi connectivity index (χ3n) is 2.75. The van der Waals surface area contributed by atoms with Gasteiger partial charge in [-0.15, -0.1) is 0 Å². The first kappa shape index (κ1) is 9.98. The van der Waals surface area contributed by atoms with Crippen LogP contribution < -0.4 is 0 Å². The van der Waals surface area contributed by atoms with Crippen LogP contribution in [0.25, 0.3) is 5.52 Å². The maximum absolute atomic E-state index is 10.3. The van der Waals surface area contributed by atoms with Gasteiger partial charge < -0.3 is 9.67 Å². The number of hydrogen-bond acceptors (Lipinski definition) is 4. The van der Waals surface area contributed by atoms with Gasteiger partial charge in [-0.2, -0.15) is 5.10 Å². The molecule has 0 spiro atoms. The lowest BCUT2D eigenvalue weighted by Gasteiger charge is -2.08. The normalized spacial score (nSPS) is 13.1. The van der Waals surface area contributed by atoms with Crippen molar-refractivity contribution < 1.29 is 5.11 Å². The van der Waals surface area contributed by atoms with E-state index in [0.29, 0.717) is 11.4 Å². The molecule has 3 aromatic heterocycles. The third kappa shape index (κ3) is 1.50. The minimum atomic E-state index is -0.795. The summed E-state index contributed by atoms with van der Waals surface area (Å²) in [5.74, 6) is 0.587. The Balaban J connectivity index is 2.13. The highest BCUT2D eigenvalue weighted by Gasteiger charge is 2.19. The SMILES string of the molecule is Cn1ccnc1C(O)c1cnn2ccncc12. The highest BCUT2D eigenvalue weighted by Crippen LogP contribution is 2.23. The molecular weight excluding hydrogens is 218 g/mol. The molecule has 0 radical (unpaired) electrons. The fraction of sp³-hybridized carbons (Fsp3) is 0.182. The highest BCUT2D eigenvalue weighted by molar-refractivity contribution is 5.53. The number of imidazole rings is 1. The fourth-order valence-electron chi connectivity index (χ4n) is 1.84. The number of nitrogens with zero attached hydrogens (tertiary/aromatic N) is 5. The number of aliphatic hydroxyl groups excluding tert-OH is 1. The molecule has 0 bridgehead atoms. The van der Waals surface area contributed by atoms with Crippen molar-refractivity contribution in [2.75, 3.05) is 0 Å². The lowest BCUT2D eigenvalue weighted by atomic mass is 10.1. The largest absolute Gasteiger partial charge is 0.380 e. The first-order valence-electron chi connectivity index (χ1n) is 5.20. The Labute approximate surface area is 97.2 Å². The van der Waals surface area contributed by atoms with Gasteiger partial charge in [0.15, 0.2) is 0 Å². The van der Waals surface area contributed by atoms with Gasteiger partial charge in [-0.3, -0.25) is 4.98 Å². The van der Waals surface area contributed by atoms with Crippen molar-refractivity contribution in [2.24, 2.45) is 7.05 Å². The Bertz CT molecular complexity index is 656. The van der Waals surface area contributed by atoms with Crippen LogP contribution in [0.3, 0.4) is 0 Å². The molecule has 1 unspecified atom stereocenters. The van der Waals surface area contributed by atoms with E-state index < -0.39 is 6.10 Å². The van der Waals surface area contributed by atoms with Gasteiger partial charge in [-0.25, -0.2) is 9.50 Å². The maximum Gasteiger partial charge on any atom is 0.142 e. The monoisotopic (exact) mass is 229 g/mol. The Morgan fingerprint density at radius 3 is 2.88 bits per heavy atom. The van der Waals surface area contributed by atoms with Gasteiger partial charge in [0.1, 0.15) is 11.9 Å². The molecule has 3 heterocycles. The number of aliphatic hydroxyl groups is 1. The summed E-state index contributed by atoms with van der Waals surface area (Å²) in [5.41, 5.74) is 1.48. The number of fused-ring (bicyclic) bond motifs is 1. The summed E-state index contributed by atoms with van der Waals surface area (Å²) < 4.78 is 3.46. The van der Waals surface area contributed by atoms with Gasteiger partial charge in [0, 0.05) is 37.4 Å². The zero-order valence-corrected chi connectivity index (χ0v) is 9.22. The molecule has 0 aliphatic carbocycles. The van der Waals surface area contributed by atoms with E-state index in [9.17, 15) is 5.11 Å². The first-order chi connectivity index (χ1) is 8.27. The number of hydrogen-bond donors (Lipinski definition) is 1. The maximum atomic E-state index is 10.3. The van der Waals surface area contributed by atoms with Crippen molar-refractivity contribution in [1.82, 2.24) is 24.1 Å². The van der Waals surface area contributed by atoms with Crippen LogP contribution >= 0.6 is 0 Å². The van der Waals surface area contributed by atoms with Crippen LogP contribution in [-0.2, 0) is 7.05 Å². The van der Waals surface area contributed by atoms with Crippen LogP contribution in [0.4, 0.5) is 0 Å². The molecule has 6 heteroatoms. The standard InChI is InChI=1S/C11H11N5O/c1-15-4-3-13-11(15)10(17)8-6-14-16-5-2-12-7-9(8)16/h2-7,10,17H,1H3. The second-order valence-corrected chi connectivity index (χ2v) is 3.80. The summed E-state index contributed by atoms with van der Waals surface area (Å²) >= 11 is 0. The molecule has 17 heavy (non-hydrogen) atoms. The van der Waals surface area contributed by atoms with Gasteiger partial charge in [0.2, 0.25) is 0 Å². The zero-order chi connectivity index (χ0) is 11.8. The van der Waals surface area contributed by atoms with Crippen LogP contribution in [0.5, 0.6) is 0 Å². The van der Waals surface area contributed by atoms with Gasteiger partial charge in [-0.1, -0.05) is 0 Å². The van der Waals surface area contributed by atoms with E-state index in [1.54, 1.807) is 46.3 Å². The number of aryl methyl sites for hydroxylation is 1. The minimum absolute atomic E-state index is 0.587. The fourth-order valence-corrected chi connectivity index (χ4v) is 1.84. The summed E-state index contributed by atoms with van der Waals surface area (Å²) in [6.45, 7) is 0. The van der Waals surface area contributed by atoms with E-state index in [0.717, 1.165) is 5.52 Å². The second-order valence-electron chi connectivity index (χ2n) is 3.80. The van der Waals surface area contributed by atoms with Gasteiger partial charge in [-0.05, 0) is 0 Å². The van der Waals surface area contributed by atoms with Crippen LogP contribution in [0.1, 0.15) is 17.5 Å². The Kier molecular flexibility index (Phi) is 2.15. The highest BCUT2D eigenvalue weighted by atomic mass is 16.3. The van der Waals surface area contributed by atoms with Gasteiger partial charge in [0.25, 0.3) is 0 Å². The number of aromatic nitrogens is 5. The van der Waals surface area contributed by atoms with E-state index in [4.69, 9.17) is 0 Å². The molecule has 6 nitrogen and oxygen atoms in total. The Morgan fingerprint density at radius 1 is 1.24 bits per heavy atom. The molecule has 1 atom stereocenters. The van der Waals surface area contributed by atoms with Crippen molar-refractivity contribution in [3.63, 3.8) is 0 Å². The topological polar surface area (TPSA) is 68.2 Å². The van der Waals surface area contributed by atoms with Crippen molar-refractivity contribution in [2.45, 2.75) is 6.10 Å². The molecule has 0 saturated carbocycles. The van der Waals surface area contributed by atoms with Crippen LogP contribution in [0, 0.1) is 0 Å². The molecular formula is C11H11N5O. The van der Waals surface area contributed by atoms with Gasteiger partial charge in [0.05, 0.1) is 17.9 Å². The van der Waals surface area contributed by atoms with Crippen molar-refractivity contribution in [1.29, 1.82) is 0 Å². The van der Waals surface area contributed by atoms with E-state index in [2.05, 4.69) is 15.1 Å². The van der Waals surface area contributed by atoms with E-state index in [1.165, 1.54) is 0 Å². The lowest BCUT2D eigenvalue weighted by Crippen LogP contribution is -2.06. The first-order valence-corrected chi connectivity index (χ1v) is 5.20. The third-order valence-corrected chi connectivity index (χ3v) is 2.75. The van der Waals surface area contributed by atoms with E-state index >= 15 is 0 Å². The quantitative estimate of drug-likeness (QED) is 0.696. The summed E-state index contributed by atoms with van der Waals surface area (Å²) in [7, 11) is 1.84. The molecule has 3 rings (SSSR count). The van der Waals surface area contributed by atoms with E-state index in [-0.39, 0.29) is 0 Å². The Morgan fingerprint density at radius 2 is 2.12 bits per heavy atom. The minimum Gasteiger partial charge on any atom is -0.380 e. The summed E-state index contributed by atoms with van der Waals surface area (Å²) in [4.78, 5) is 8.17. The predicted molar refractivity (Wildman–Crippen MR) is 60.3 cm³/mol. The molecule has 0 aliphatic heterocycles. The van der Waals surface area contributed by atoms with Crippen molar-refractivity contribution in [3.8, 4) is 0 Å².